The number of thiazole rings is 1. The zero-order valence-corrected chi connectivity index (χ0v) is 24.8. The Kier molecular flexibility index (Phi) is 8.45. The Labute approximate surface area is 235 Å². The van der Waals surface area contributed by atoms with Crippen LogP contribution in [0.15, 0.2) is 24.3 Å². The minimum atomic E-state index is -0.692. The number of hydrogen-bond donors (Lipinski definition) is 4. The Bertz CT molecular complexity index is 1190. The summed E-state index contributed by atoms with van der Waals surface area (Å²) in [5.41, 5.74) is 0.654. The summed E-state index contributed by atoms with van der Waals surface area (Å²) >= 11 is 1.45. The van der Waals surface area contributed by atoms with Gasteiger partial charge >= 0.3 is 0 Å². The van der Waals surface area contributed by atoms with E-state index in [1.807, 2.05) is 52.0 Å². The molecule has 1 heterocycles. The van der Waals surface area contributed by atoms with Crippen LogP contribution in [0.4, 0.5) is 5.13 Å². The van der Waals surface area contributed by atoms with Crippen LogP contribution in [0.1, 0.15) is 82.4 Å². The first-order valence-corrected chi connectivity index (χ1v) is 14.6. The van der Waals surface area contributed by atoms with Crippen molar-refractivity contribution in [3.8, 4) is 5.75 Å². The summed E-state index contributed by atoms with van der Waals surface area (Å²) in [5, 5.41) is 28.0. The third-order valence-corrected chi connectivity index (χ3v) is 9.88. The molecule has 4 N–H and O–H groups in total. The van der Waals surface area contributed by atoms with E-state index < -0.39 is 11.5 Å². The molecule has 1 saturated carbocycles. The lowest BCUT2D eigenvalue weighted by molar-refractivity contribution is -0.144. The molecule has 9 heteroatoms. The van der Waals surface area contributed by atoms with Gasteiger partial charge in [-0.1, -0.05) is 46.8 Å². The molecule has 1 fully saturated rings. The highest BCUT2D eigenvalue weighted by atomic mass is 32.1. The number of nitrogens with zero attached hydrogens (tertiary/aromatic N) is 1. The van der Waals surface area contributed by atoms with Crippen molar-refractivity contribution in [3.05, 3.63) is 40.4 Å². The lowest BCUT2D eigenvalue weighted by atomic mass is 9.47. The molecule has 1 aromatic carbocycles. The summed E-state index contributed by atoms with van der Waals surface area (Å²) in [6.07, 6.45) is 1.94. The van der Waals surface area contributed by atoms with Crippen LogP contribution in [0, 0.1) is 22.2 Å². The third kappa shape index (κ3) is 6.15. The first-order valence-electron chi connectivity index (χ1n) is 13.8. The van der Waals surface area contributed by atoms with E-state index in [9.17, 15) is 19.8 Å². The lowest BCUT2D eigenvalue weighted by Gasteiger charge is -2.58. The van der Waals surface area contributed by atoms with Crippen LogP contribution < -0.4 is 15.4 Å². The van der Waals surface area contributed by atoms with Crippen molar-refractivity contribution in [3.63, 3.8) is 0 Å². The Balaban J connectivity index is 1.61. The van der Waals surface area contributed by atoms with Crippen molar-refractivity contribution in [1.29, 1.82) is 0 Å². The van der Waals surface area contributed by atoms with Gasteiger partial charge in [-0.2, -0.15) is 0 Å². The predicted octanol–water partition coefficient (Wildman–Crippen LogP) is 4.65. The monoisotopic (exact) mass is 557 g/mol. The first kappa shape index (κ1) is 29.5. The minimum absolute atomic E-state index is 0.0378. The summed E-state index contributed by atoms with van der Waals surface area (Å²) in [7, 11) is 1.62. The zero-order valence-electron chi connectivity index (χ0n) is 24.0. The molecule has 39 heavy (non-hydrogen) atoms. The van der Waals surface area contributed by atoms with Crippen molar-refractivity contribution >= 4 is 28.3 Å². The number of methoxy groups -OCH3 is 1. The highest BCUT2D eigenvalue weighted by Gasteiger charge is 2.59. The van der Waals surface area contributed by atoms with Gasteiger partial charge in [0.1, 0.15) is 5.75 Å². The normalized spacial score (nSPS) is 28.3. The Hall–Kier alpha value is -2.49. The number of hydrogen-bond acceptors (Lipinski definition) is 7. The Morgan fingerprint density at radius 1 is 1.18 bits per heavy atom. The van der Waals surface area contributed by atoms with Gasteiger partial charge in [0, 0.05) is 35.6 Å². The lowest BCUT2D eigenvalue weighted by Crippen LogP contribution is -2.57. The van der Waals surface area contributed by atoms with Crippen LogP contribution >= 0.6 is 11.3 Å². The van der Waals surface area contributed by atoms with Crippen LogP contribution in [0.2, 0.25) is 0 Å². The summed E-state index contributed by atoms with van der Waals surface area (Å²) < 4.78 is 5.22. The van der Waals surface area contributed by atoms with Gasteiger partial charge in [-0.3, -0.25) is 9.59 Å². The number of nitrogens with one attached hydrogen (secondary N) is 2. The molecule has 2 aromatic rings. The van der Waals surface area contributed by atoms with E-state index in [1.54, 1.807) is 7.11 Å². The number of carbonyl (C=O) groups is 2. The molecule has 214 valence electrons. The molecular formula is C30H43N3O5S. The Morgan fingerprint density at radius 3 is 2.49 bits per heavy atom. The highest BCUT2D eigenvalue weighted by Crippen LogP contribution is 2.62. The van der Waals surface area contributed by atoms with Crippen LogP contribution in [-0.2, 0) is 22.6 Å². The van der Waals surface area contributed by atoms with Crippen LogP contribution in [-0.4, -0.2) is 46.8 Å². The summed E-state index contributed by atoms with van der Waals surface area (Å²) in [4.78, 5) is 31.9. The number of carbonyl (C=O) groups excluding carboxylic acids is 2. The van der Waals surface area contributed by atoms with Crippen molar-refractivity contribution in [1.82, 2.24) is 10.3 Å². The second-order valence-corrected chi connectivity index (χ2v) is 14.1. The largest absolute Gasteiger partial charge is 0.497 e. The van der Waals surface area contributed by atoms with Gasteiger partial charge in [-0.25, -0.2) is 4.98 Å². The second-order valence-electron chi connectivity index (χ2n) is 13.0. The van der Waals surface area contributed by atoms with Gasteiger partial charge in [0.15, 0.2) is 5.13 Å². The molecule has 0 saturated heterocycles. The number of rotatable bonds is 8. The molecular weight excluding hydrogens is 514 g/mol. The second kappa shape index (κ2) is 11.2. The summed E-state index contributed by atoms with van der Waals surface area (Å²) in [6, 6.07) is 7.59. The van der Waals surface area contributed by atoms with Gasteiger partial charge in [0.2, 0.25) is 11.8 Å². The van der Waals surface area contributed by atoms with Gasteiger partial charge in [0.05, 0.1) is 25.5 Å². The molecule has 5 atom stereocenters. The zero-order chi connectivity index (χ0) is 28.6. The van der Waals surface area contributed by atoms with E-state index in [4.69, 9.17) is 9.72 Å². The number of amides is 2. The van der Waals surface area contributed by atoms with Crippen LogP contribution in [0.25, 0.3) is 0 Å². The third-order valence-electron chi connectivity index (χ3n) is 8.87. The molecule has 2 aliphatic carbocycles. The number of anilines is 1. The van der Waals surface area contributed by atoms with Gasteiger partial charge in [-0.05, 0) is 53.7 Å². The number of aromatic nitrogens is 1. The van der Waals surface area contributed by atoms with Crippen LogP contribution in [0.3, 0.4) is 0 Å². The van der Waals surface area contributed by atoms with Gasteiger partial charge in [0.25, 0.3) is 0 Å². The Morgan fingerprint density at radius 2 is 1.87 bits per heavy atom. The number of benzene rings is 1. The fraction of sp³-hybridized carbons (Fsp3) is 0.633. The fourth-order valence-corrected chi connectivity index (χ4v) is 7.63. The molecule has 2 aliphatic rings. The molecule has 5 unspecified atom stereocenters. The van der Waals surface area contributed by atoms with E-state index in [2.05, 4.69) is 17.6 Å². The highest BCUT2D eigenvalue weighted by molar-refractivity contribution is 7.15. The van der Waals surface area contributed by atoms with Crippen molar-refractivity contribution in [2.45, 2.75) is 85.3 Å². The van der Waals surface area contributed by atoms with E-state index in [0.29, 0.717) is 30.9 Å². The average molecular weight is 558 g/mol. The first-order chi connectivity index (χ1) is 18.3. The molecule has 0 bridgehead atoms. The smallest absolute Gasteiger partial charge is 0.226 e. The molecule has 0 spiro atoms. The molecule has 1 aromatic heterocycles. The number of ether oxygens (including phenoxy) is 1. The molecule has 0 radical (unpaired) electrons. The molecule has 8 nitrogen and oxygen atoms in total. The van der Waals surface area contributed by atoms with E-state index in [0.717, 1.165) is 28.3 Å². The maximum Gasteiger partial charge on any atom is 0.226 e. The maximum absolute atomic E-state index is 13.3. The summed E-state index contributed by atoms with van der Waals surface area (Å²) in [6.45, 7) is 10.5. The molecule has 4 rings (SSSR count). The van der Waals surface area contributed by atoms with Gasteiger partial charge < -0.3 is 25.6 Å². The fourth-order valence-electron chi connectivity index (χ4n) is 6.55. The number of aliphatic hydroxyl groups excluding tert-OH is 2. The van der Waals surface area contributed by atoms with Crippen LogP contribution in [0.5, 0.6) is 5.75 Å². The van der Waals surface area contributed by atoms with Gasteiger partial charge in [-0.15, -0.1) is 11.3 Å². The molecule has 2 amide bonds. The van der Waals surface area contributed by atoms with Crippen molar-refractivity contribution in [2.75, 3.05) is 19.0 Å². The standard InChI is InChI=1S/C30H43N3O5S/c1-28(2,3)15-25(37)32-27-33-26-20(13-24(36)31-16-18-7-9-19(38-6)10-8-18)29(4)12-11-23(35)30(5,17-34)22(29)14-21(26)39-27/h7-10,20,22-23,34-35H,11-17H2,1-6H3,(H,31,36)(H,32,33,37). The van der Waals surface area contributed by atoms with Crippen molar-refractivity contribution in [2.24, 2.45) is 22.2 Å². The SMILES string of the molecule is COc1ccc(CNC(=O)CC2c3nc(NC(=O)CC(C)(C)C)sc3CC3C(C)(CO)C(O)CCC23C)cc1. The number of fused-ring (bicyclic) bond motifs is 2. The predicted molar refractivity (Wildman–Crippen MR) is 153 cm³/mol. The quantitative estimate of drug-likeness (QED) is 0.375. The summed E-state index contributed by atoms with van der Waals surface area (Å²) in [5.74, 6) is 0.363. The number of aliphatic hydroxyl groups is 2. The topological polar surface area (TPSA) is 121 Å². The average Bonchev–Trinajstić information content (AvgIpc) is 3.27. The van der Waals surface area contributed by atoms with Crippen molar-refractivity contribution < 1.29 is 24.5 Å². The van der Waals surface area contributed by atoms with E-state index in [-0.39, 0.29) is 47.5 Å². The minimum Gasteiger partial charge on any atom is -0.497 e. The molecule has 0 aliphatic heterocycles. The van der Waals surface area contributed by atoms with E-state index in [1.165, 1.54) is 11.3 Å². The maximum atomic E-state index is 13.3. The van der Waals surface area contributed by atoms with E-state index >= 15 is 0 Å².